The fourth-order valence-electron chi connectivity index (χ4n) is 5.11. The number of nitriles is 1. The molecule has 1 heteroatoms. The minimum absolute atomic E-state index is 0.827. The molecule has 1 atom stereocenters. The van der Waals surface area contributed by atoms with Gasteiger partial charge in [-0.2, -0.15) is 5.26 Å². The SMILES string of the molecule is CCCCCC1CCC(CCC2CCc3cc(C#N)ccc3C2)CC1. The highest BCUT2D eigenvalue weighted by Gasteiger charge is 2.23. The predicted octanol–water partition coefficient (Wildman–Crippen LogP) is 6.83. The van der Waals surface area contributed by atoms with Crippen LogP contribution in [0.5, 0.6) is 0 Å². The molecule has 3 rings (SSSR count). The van der Waals surface area contributed by atoms with Crippen LogP contribution in [0.3, 0.4) is 0 Å². The molecule has 0 amide bonds. The highest BCUT2D eigenvalue weighted by molar-refractivity contribution is 5.39. The Morgan fingerprint density at radius 2 is 1.60 bits per heavy atom. The molecule has 0 N–H and O–H groups in total. The normalized spacial score (nSPS) is 26.0. The molecule has 1 nitrogen and oxygen atoms in total. The lowest BCUT2D eigenvalue weighted by Crippen LogP contribution is -2.18. The van der Waals surface area contributed by atoms with Gasteiger partial charge in [0.05, 0.1) is 11.6 Å². The van der Waals surface area contributed by atoms with Gasteiger partial charge in [-0.05, 0) is 66.7 Å². The number of benzene rings is 1. The second-order valence-electron chi connectivity index (χ2n) is 8.66. The van der Waals surface area contributed by atoms with Crippen LogP contribution in [0.15, 0.2) is 18.2 Å². The van der Waals surface area contributed by atoms with Crippen LogP contribution in [0.4, 0.5) is 0 Å². The van der Waals surface area contributed by atoms with E-state index in [2.05, 4.69) is 25.1 Å². The quantitative estimate of drug-likeness (QED) is 0.500. The minimum Gasteiger partial charge on any atom is -0.192 e. The molecule has 0 radical (unpaired) electrons. The third-order valence-corrected chi connectivity index (χ3v) is 6.83. The van der Waals surface area contributed by atoms with E-state index < -0.39 is 0 Å². The molecule has 0 aliphatic heterocycles. The second-order valence-corrected chi connectivity index (χ2v) is 8.66. The molecule has 0 heterocycles. The van der Waals surface area contributed by atoms with Gasteiger partial charge in [0, 0.05) is 0 Å². The van der Waals surface area contributed by atoms with Crippen molar-refractivity contribution in [1.29, 1.82) is 5.26 Å². The van der Waals surface area contributed by atoms with Crippen LogP contribution in [-0.4, -0.2) is 0 Å². The number of nitrogens with zero attached hydrogens (tertiary/aromatic N) is 1. The lowest BCUT2D eigenvalue weighted by atomic mass is 9.75. The van der Waals surface area contributed by atoms with Crippen LogP contribution >= 0.6 is 0 Å². The molecule has 0 aromatic heterocycles. The number of unbranched alkanes of at least 4 members (excludes halogenated alkanes) is 2. The summed E-state index contributed by atoms with van der Waals surface area (Å²) in [5.41, 5.74) is 3.77. The fourth-order valence-corrected chi connectivity index (χ4v) is 5.11. The number of fused-ring (bicyclic) bond motifs is 1. The van der Waals surface area contributed by atoms with Crippen molar-refractivity contribution in [3.8, 4) is 6.07 Å². The van der Waals surface area contributed by atoms with E-state index in [1.54, 1.807) is 0 Å². The first kappa shape index (κ1) is 18.5. The summed E-state index contributed by atoms with van der Waals surface area (Å²) in [5.74, 6) is 2.92. The maximum Gasteiger partial charge on any atom is 0.0991 e. The molecule has 2 aliphatic rings. The van der Waals surface area contributed by atoms with E-state index in [4.69, 9.17) is 5.26 Å². The third-order valence-electron chi connectivity index (χ3n) is 6.83. The van der Waals surface area contributed by atoms with Gasteiger partial charge in [-0.3, -0.25) is 0 Å². The number of hydrogen-bond acceptors (Lipinski definition) is 1. The van der Waals surface area contributed by atoms with Gasteiger partial charge in [0.15, 0.2) is 0 Å². The van der Waals surface area contributed by atoms with E-state index in [9.17, 15) is 0 Å². The Hall–Kier alpha value is -1.29. The fraction of sp³-hybridized carbons (Fsp3) is 0.708. The average molecular weight is 338 g/mol. The van der Waals surface area contributed by atoms with Crippen LogP contribution in [-0.2, 0) is 12.8 Å². The van der Waals surface area contributed by atoms with Gasteiger partial charge in [0.25, 0.3) is 0 Å². The average Bonchev–Trinajstić information content (AvgIpc) is 2.67. The van der Waals surface area contributed by atoms with E-state index in [-0.39, 0.29) is 0 Å². The molecule has 1 fully saturated rings. The number of hydrogen-bond donors (Lipinski definition) is 0. The van der Waals surface area contributed by atoms with Gasteiger partial charge in [-0.25, -0.2) is 0 Å². The molecule has 2 aliphatic carbocycles. The lowest BCUT2D eigenvalue weighted by molar-refractivity contribution is 0.233. The van der Waals surface area contributed by atoms with Gasteiger partial charge in [-0.15, -0.1) is 0 Å². The van der Waals surface area contributed by atoms with Crippen LogP contribution in [0.1, 0.15) is 94.2 Å². The number of aryl methyl sites for hydroxylation is 1. The maximum atomic E-state index is 9.05. The maximum absolute atomic E-state index is 9.05. The molecule has 0 spiro atoms. The number of rotatable bonds is 7. The summed E-state index contributed by atoms with van der Waals surface area (Å²) >= 11 is 0. The van der Waals surface area contributed by atoms with Gasteiger partial charge < -0.3 is 0 Å². The summed E-state index contributed by atoms with van der Waals surface area (Å²) in [6.45, 7) is 2.31. The minimum atomic E-state index is 0.827. The zero-order chi connectivity index (χ0) is 17.5. The van der Waals surface area contributed by atoms with Crippen LogP contribution in [0.2, 0.25) is 0 Å². The van der Waals surface area contributed by atoms with Gasteiger partial charge >= 0.3 is 0 Å². The topological polar surface area (TPSA) is 23.8 Å². The third kappa shape index (κ3) is 5.34. The van der Waals surface area contributed by atoms with Crippen molar-refractivity contribution in [1.82, 2.24) is 0 Å². The van der Waals surface area contributed by atoms with Crippen molar-refractivity contribution in [3.05, 3.63) is 34.9 Å². The molecule has 1 unspecified atom stereocenters. The molecule has 136 valence electrons. The van der Waals surface area contributed by atoms with Crippen molar-refractivity contribution < 1.29 is 0 Å². The summed E-state index contributed by atoms with van der Waals surface area (Å²) < 4.78 is 0. The van der Waals surface area contributed by atoms with E-state index in [1.165, 1.54) is 94.6 Å². The molecular formula is C24H35N. The summed E-state index contributed by atoms with van der Waals surface area (Å²) in [4.78, 5) is 0. The van der Waals surface area contributed by atoms with E-state index >= 15 is 0 Å². The van der Waals surface area contributed by atoms with E-state index in [0.717, 1.165) is 23.3 Å². The molecule has 0 bridgehead atoms. The molecule has 1 saturated carbocycles. The Bertz CT molecular complexity index is 574. The molecule has 1 aromatic rings. The first-order valence-electron chi connectivity index (χ1n) is 10.8. The summed E-state index contributed by atoms with van der Waals surface area (Å²) in [7, 11) is 0. The summed E-state index contributed by atoms with van der Waals surface area (Å²) in [6.07, 6.45) is 18.3. The first-order chi connectivity index (χ1) is 12.3. The van der Waals surface area contributed by atoms with Crippen LogP contribution < -0.4 is 0 Å². The zero-order valence-corrected chi connectivity index (χ0v) is 16.1. The monoisotopic (exact) mass is 337 g/mol. The van der Waals surface area contributed by atoms with E-state index in [1.807, 2.05) is 6.07 Å². The molecule has 1 aromatic carbocycles. The standard InChI is InChI=1S/C24H35N/c1-2-3-4-5-19-6-8-20(9-7-19)10-11-21-12-14-24-17-22(18-25)13-15-23(24)16-21/h13,15,17,19-21H,2-12,14,16H2,1H3. The first-order valence-corrected chi connectivity index (χ1v) is 10.8. The van der Waals surface area contributed by atoms with Crippen molar-refractivity contribution in [2.24, 2.45) is 17.8 Å². The Kier molecular flexibility index (Phi) is 6.97. The predicted molar refractivity (Wildman–Crippen MR) is 105 cm³/mol. The molecule has 25 heavy (non-hydrogen) atoms. The van der Waals surface area contributed by atoms with Gasteiger partial charge in [-0.1, -0.05) is 70.8 Å². The van der Waals surface area contributed by atoms with Crippen LogP contribution in [0.25, 0.3) is 0 Å². The Morgan fingerprint density at radius 1 is 0.880 bits per heavy atom. The zero-order valence-electron chi connectivity index (χ0n) is 16.1. The van der Waals surface area contributed by atoms with Crippen molar-refractivity contribution in [2.45, 2.75) is 90.4 Å². The lowest BCUT2D eigenvalue weighted by Gasteiger charge is -2.31. The molecular weight excluding hydrogens is 302 g/mol. The summed E-state index contributed by atoms with van der Waals surface area (Å²) in [5, 5.41) is 9.05. The highest BCUT2D eigenvalue weighted by Crippen LogP contribution is 2.36. The van der Waals surface area contributed by atoms with Crippen LogP contribution in [0, 0.1) is 29.1 Å². The largest absolute Gasteiger partial charge is 0.192 e. The van der Waals surface area contributed by atoms with Gasteiger partial charge in [0.1, 0.15) is 0 Å². The van der Waals surface area contributed by atoms with Crippen molar-refractivity contribution in [3.63, 3.8) is 0 Å². The smallest absolute Gasteiger partial charge is 0.0991 e. The Labute approximate surface area is 154 Å². The molecule has 0 saturated heterocycles. The second kappa shape index (κ2) is 9.42. The van der Waals surface area contributed by atoms with Crippen molar-refractivity contribution in [2.75, 3.05) is 0 Å². The van der Waals surface area contributed by atoms with Gasteiger partial charge in [0.2, 0.25) is 0 Å². The Morgan fingerprint density at radius 3 is 2.32 bits per heavy atom. The van der Waals surface area contributed by atoms with Crippen molar-refractivity contribution >= 4 is 0 Å². The highest BCUT2D eigenvalue weighted by atomic mass is 14.3. The summed E-state index contributed by atoms with van der Waals surface area (Å²) in [6, 6.07) is 8.60. The van der Waals surface area contributed by atoms with E-state index in [0.29, 0.717) is 0 Å². The Balaban J connectivity index is 1.38.